The second-order valence-electron chi connectivity index (χ2n) is 9.39. The van der Waals surface area contributed by atoms with Gasteiger partial charge in [0.1, 0.15) is 23.9 Å². The Balaban J connectivity index is 1.27. The molecule has 1 fully saturated rings. The number of morpholine rings is 1. The molecule has 190 valence electrons. The first-order valence-electron chi connectivity index (χ1n) is 13.0. The Labute approximate surface area is 222 Å². The van der Waals surface area contributed by atoms with Crippen molar-refractivity contribution in [1.29, 1.82) is 0 Å². The summed E-state index contributed by atoms with van der Waals surface area (Å²) in [7, 11) is 0. The molecule has 1 saturated heterocycles. The number of nitrogens with zero attached hydrogens (tertiary/aromatic N) is 1. The van der Waals surface area contributed by atoms with Crippen LogP contribution in [0.3, 0.4) is 0 Å². The fourth-order valence-corrected chi connectivity index (χ4v) is 5.01. The molecule has 0 N–H and O–H groups in total. The molecule has 0 atom stereocenters. The number of allylic oxidation sites excluding steroid dienone is 1. The molecule has 5 heteroatoms. The average Bonchev–Trinajstić information content (AvgIpc) is 3.26. The van der Waals surface area contributed by atoms with E-state index in [1.165, 1.54) is 0 Å². The third kappa shape index (κ3) is 5.12. The number of ketones is 1. The Hall–Kier alpha value is -4.19. The highest BCUT2D eigenvalue weighted by Crippen LogP contribution is 2.43. The highest BCUT2D eigenvalue weighted by Gasteiger charge is 2.32. The molecule has 0 radical (unpaired) electrons. The summed E-state index contributed by atoms with van der Waals surface area (Å²) in [5, 5.41) is 0. The number of carbonyl (C=O) groups excluding carboxylic acids is 1. The van der Waals surface area contributed by atoms with Crippen molar-refractivity contribution in [2.75, 3.05) is 39.5 Å². The van der Waals surface area contributed by atoms with Crippen LogP contribution in [0.15, 0.2) is 103 Å². The fourth-order valence-electron chi connectivity index (χ4n) is 5.01. The minimum atomic E-state index is 0.00853. The largest absolute Gasteiger partial charge is 0.492 e. The van der Waals surface area contributed by atoms with Crippen LogP contribution < -0.4 is 9.47 Å². The van der Waals surface area contributed by atoms with Gasteiger partial charge in [-0.25, -0.2) is 0 Å². The molecule has 0 saturated carbocycles. The molecular formula is C33H29NO4. The maximum Gasteiger partial charge on any atom is 0.195 e. The van der Waals surface area contributed by atoms with Crippen LogP contribution in [0.5, 0.6) is 17.2 Å². The van der Waals surface area contributed by atoms with Crippen LogP contribution >= 0.6 is 0 Å². The van der Waals surface area contributed by atoms with E-state index >= 15 is 0 Å². The zero-order chi connectivity index (χ0) is 25.7. The number of Topliss-reactive ketones (excluding diaryl/α,β-unsaturated/α-hetero) is 1. The predicted molar refractivity (Wildman–Crippen MR) is 149 cm³/mol. The Bertz CT molecular complexity index is 1440. The minimum absolute atomic E-state index is 0.00853. The van der Waals surface area contributed by atoms with Gasteiger partial charge in [0.15, 0.2) is 5.78 Å². The quantitative estimate of drug-likeness (QED) is 0.281. The monoisotopic (exact) mass is 503 g/mol. The second kappa shape index (κ2) is 11.1. The molecule has 4 aromatic rings. The fraction of sp³-hybridized carbons (Fsp3) is 0.182. The van der Waals surface area contributed by atoms with Crippen molar-refractivity contribution in [2.24, 2.45) is 0 Å². The maximum absolute atomic E-state index is 13.9. The minimum Gasteiger partial charge on any atom is -0.492 e. The SMILES string of the molecule is O=C1C(c2ccc(Oc3ccccc3)cc2)=C(c2ccccc2)c2ccc(OCCN3CCOCC3)cc21. The molecule has 0 bridgehead atoms. The first-order valence-corrected chi connectivity index (χ1v) is 13.0. The van der Waals surface area contributed by atoms with Crippen molar-refractivity contribution in [3.8, 4) is 17.2 Å². The van der Waals surface area contributed by atoms with Gasteiger partial charge in [0, 0.05) is 36.3 Å². The highest BCUT2D eigenvalue weighted by molar-refractivity contribution is 6.41. The molecule has 6 rings (SSSR count). The van der Waals surface area contributed by atoms with Gasteiger partial charge in [-0.1, -0.05) is 60.7 Å². The van der Waals surface area contributed by atoms with E-state index < -0.39 is 0 Å². The summed E-state index contributed by atoms with van der Waals surface area (Å²) in [5.74, 6) is 2.22. The molecule has 2 aliphatic rings. The predicted octanol–water partition coefficient (Wildman–Crippen LogP) is 6.35. The Morgan fingerprint density at radius 1 is 0.658 bits per heavy atom. The summed E-state index contributed by atoms with van der Waals surface area (Å²) in [6.45, 7) is 4.79. The normalized spacial score (nSPS) is 15.4. The number of fused-ring (bicyclic) bond motifs is 1. The van der Waals surface area contributed by atoms with Crippen LogP contribution in [0.1, 0.15) is 27.0 Å². The molecule has 1 aliphatic heterocycles. The topological polar surface area (TPSA) is 48.0 Å². The van der Waals surface area contributed by atoms with Gasteiger partial charge in [-0.3, -0.25) is 9.69 Å². The lowest BCUT2D eigenvalue weighted by Crippen LogP contribution is -2.38. The first kappa shape index (κ1) is 24.2. The highest BCUT2D eigenvalue weighted by atomic mass is 16.5. The van der Waals surface area contributed by atoms with E-state index in [0.29, 0.717) is 23.5 Å². The van der Waals surface area contributed by atoms with Crippen LogP contribution in [0, 0.1) is 0 Å². The number of benzene rings is 4. The smallest absolute Gasteiger partial charge is 0.195 e. The lowest BCUT2D eigenvalue weighted by atomic mass is 9.94. The van der Waals surface area contributed by atoms with Crippen molar-refractivity contribution < 1.29 is 19.0 Å². The van der Waals surface area contributed by atoms with E-state index in [2.05, 4.69) is 17.0 Å². The zero-order valence-corrected chi connectivity index (χ0v) is 21.1. The molecule has 0 spiro atoms. The van der Waals surface area contributed by atoms with Crippen molar-refractivity contribution in [1.82, 2.24) is 4.90 Å². The van der Waals surface area contributed by atoms with Crippen molar-refractivity contribution in [2.45, 2.75) is 0 Å². The standard InChI is InChI=1S/C33H29NO4/c35-33-30-23-28(37-22-19-34-17-20-36-21-18-34)15-16-29(30)31(24-7-3-1-4-8-24)32(33)25-11-13-27(14-12-25)38-26-9-5-2-6-10-26/h1-16,23H,17-22H2. The number of rotatable bonds is 8. The molecule has 0 amide bonds. The average molecular weight is 504 g/mol. The number of hydrogen-bond donors (Lipinski definition) is 0. The summed E-state index contributed by atoms with van der Waals surface area (Å²) in [4.78, 5) is 16.2. The number of hydrogen-bond acceptors (Lipinski definition) is 5. The van der Waals surface area contributed by atoms with Crippen LogP contribution in [0.4, 0.5) is 0 Å². The van der Waals surface area contributed by atoms with Gasteiger partial charge in [-0.15, -0.1) is 0 Å². The summed E-state index contributed by atoms with van der Waals surface area (Å²) in [6.07, 6.45) is 0. The number of carbonyl (C=O) groups is 1. The Morgan fingerprint density at radius 2 is 1.29 bits per heavy atom. The second-order valence-corrected chi connectivity index (χ2v) is 9.39. The van der Waals surface area contributed by atoms with Gasteiger partial charge in [0.05, 0.1) is 13.2 Å². The summed E-state index contributed by atoms with van der Waals surface area (Å²) in [6, 6.07) is 33.4. The van der Waals surface area contributed by atoms with Crippen LogP contribution in [0.25, 0.3) is 11.1 Å². The molecule has 1 heterocycles. The third-order valence-corrected chi connectivity index (χ3v) is 6.95. The van der Waals surface area contributed by atoms with Crippen molar-refractivity contribution in [3.05, 3.63) is 125 Å². The summed E-state index contributed by atoms with van der Waals surface area (Å²) in [5.41, 5.74) is 5.12. The summed E-state index contributed by atoms with van der Waals surface area (Å²) >= 11 is 0. The molecule has 4 aromatic carbocycles. The third-order valence-electron chi connectivity index (χ3n) is 6.95. The molecule has 0 aromatic heterocycles. The van der Waals surface area contributed by atoms with Crippen molar-refractivity contribution in [3.63, 3.8) is 0 Å². The Kier molecular flexibility index (Phi) is 7.03. The Morgan fingerprint density at radius 3 is 2.03 bits per heavy atom. The number of para-hydroxylation sites is 1. The van der Waals surface area contributed by atoms with E-state index in [4.69, 9.17) is 14.2 Å². The van der Waals surface area contributed by atoms with E-state index in [9.17, 15) is 4.79 Å². The van der Waals surface area contributed by atoms with Gasteiger partial charge < -0.3 is 14.2 Å². The van der Waals surface area contributed by atoms with E-state index in [1.807, 2.05) is 91.0 Å². The molecule has 1 aliphatic carbocycles. The van der Waals surface area contributed by atoms with Gasteiger partial charge in [-0.2, -0.15) is 0 Å². The van der Waals surface area contributed by atoms with Crippen molar-refractivity contribution >= 4 is 16.9 Å². The van der Waals surface area contributed by atoms with Crippen LogP contribution in [-0.2, 0) is 4.74 Å². The van der Waals surface area contributed by atoms with Crippen LogP contribution in [0.2, 0.25) is 0 Å². The molecule has 5 nitrogen and oxygen atoms in total. The zero-order valence-electron chi connectivity index (χ0n) is 21.1. The van der Waals surface area contributed by atoms with Gasteiger partial charge >= 0.3 is 0 Å². The molecule has 0 unspecified atom stereocenters. The van der Waals surface area contributed by atoms with Crippen LogP contribution in [-0.4, -0.2) is 50.1 Å². The number of ether oxygens (including phenoxy) is 3. The first-order chi connectivity index (χ1) is 18.8. The van der Waals surface area contributed by atoms with Gasteiger partial charge in [0.2, 0.25) is 0 Å². The van der Waals surface area contributed by atoms with Gasteiger partial charge in [-0.05, 0) is 59.2 Å². The lowest BCUT2D eigenvalue weighted by Gasteiger charge is -2.26. The lowest BCUT2D eigenvalue weighted by molar-refractivity contribution is 0.0322. The van der Waals surface area contributed by atoms with E-state index in [0.717, 1.165) is 66.6 Å². The summed E-state index contributed by atoms with van der Waals surface area (Å²) < 4.78 is 17.5. The molecular weight excluding hydrogens is 474 g/mol. The van der Waals surface area contributed by atoms with E-state index in [1.54, 1.807) is 0 Å². The molecule has 38 heavy (non-hydrogen) atoms. The maximum atomic E-state index is 13.9. The van der Waals surface area contributed by atoms with Gasteiger partial charge in [0.25, 0.3) is 0 Å². The van der Waals surface area contributed by atoms with E-state index in [-0.39, 0.29) is 5.78 Å².